The van der Waals surface area contributed by atoms with Crippen LogP contribution in [-0.2, 0) is 13.6 Å². The Morgan fingerprint density at radius 3 is 2.88 bits per heavy atom. The SMILES string of the molecule is Cn1ccnc1CNc1ccc(C#N)nc1. The van der Waals surface area contributed by atoms with Gasteiger partial charge in [-0.15, -0.1) is 0 Å². The summed E-state index contributed by atoms with van der Waals surface area (Å²) in [7, 11) is 1.95. The van der Waals surface area contributed by atoms with E-state index in [1.165, 1.54) is 0 Å². The summed E-state index contributed by atoms with van der Waals surface area (Å²) in [5, 5.41) is 11.8. The molecule has 1 N–H and O–H groups in total. The van der Waals surface area contributed by atoms with Crippen LogP contribution in [0, 0.1) is 11.3 Å². The molecule has 0 aliphatic heterocycles. The number of imidazole rings is 1. The van der Waals surface area contributed by atoms with E-state index in [4.69, 9.17) is 5.26 Å². The van der Waals surface area contributed by atoms with Crippen molar-refractivity contribution in [2.24, 2.45) is 7.05 Å². The highest BCUT2D eigenvalue weighted by Gasteiger charge is 1.99. The topological polar surface area (TPSA) is 66.5 Å². The molecule has 0 saturated carbocycles. The monoisotopic (exact) mass is 213 g/mol. The normalized spacial score (nSPS) is 9.75. The number of nitriles is 1. The Kier molecular flexibility index (Phi) is 2.83. The second-order valence-corrected chi connectivity index (χ2v) is 3.35. The minimum Gasteiger partial charge on any atom is -0.377 e. The zero-order valence-corrected chi connectivity index (χ0v) is 8.88. The summed E-state index contributed by atoms with van der Waals surface area (Å²) in [6.45, 7) is 0.636. The van der Waals surface area contributed by atoms with Gasteiger partial charge in [-0.05, 0) is 12.1 Å². The molecule has 0 unspecified atom stereocenters. The van der Waals surface area contributed by atoms with Gasteiger partial charge in [0.1, 0.15) is 17.6 Å². The summed E-state index contributed by atoms with van der Waals surface area (Å²) in [6, 6.07) is 5.49. The maximum atomic E-state index is 8.60. The van der Waals surface area contributed by atoms with E-state index in [0.717, 1.165) is 11.5 Å². The highest BCUT2D eigenvalue weighted by molar-refractivity contribution is 5.42. The van der Waals surface area contributed by atoms with Gasteiger partial charge in [-0.3, -0.25) is 0 Å². The molecule has 5 heteroatoms. The Morgan fingerprint density at radius 2 is 2.31 bits per heavy atom. The van der Waals surface area contributed by atoms with Crippen LogP contribution in [0.2, 0.25) is 0 Å². The van der Waals surface area contributed by atoms with Crippen LogP contribution < -0.4 is 5.32 Å². The molecular formula is C11H11N5. The number of nitrogens with one attached hydrogen (secondary N) is 1. The van der Waals surface area contributed by atoms with Crippen LogP contribution in [0.25, 0.3) is 0 Å². The van der Waals surface area contributed by atoms with Gasteiger partial charge in [-0.25, -0.2) is 9.97 Å². The molecule has 2 aromatic rings. The lowest BCUT2D eigenvalue weighted by Gasteiger charge is -2.05. The molecule has 5 nitrogen and oxygen atoms in total. The third-order valence-corrected chi connectivity index (χ3v) is 2.25. The van der Waals surface area contributed by atoms with Gasteiger partial charge in [0.25, 0.3) is 0 Å². The molecular weight excluding hydrogens is 202 g/mol. The van der Waals surface area contributed by atoms with Crippen molar-refractivity contribution in [3.05, 3.63) is 42.2 Å². The summed E-state index contributed by atoms with van der Waals surface area (Å²) in [5.74, 6) is 0.948. The van der Waals surface area contributed by atoms with Gasteiger partial charge in [0.15, 0.2) is 0 Å². The summed E-state index contributed by atoms with van der Waals surface area (Å²) < 4.78 is 1.95. The van der Waals surface area contributed by atoms with Crippen molar-refractivity contribution in [3.8, 4) is 6.07 Å². The number of hydrogen-bond acceptors (Lipinski definition) is 4. The maximum Gasteiger partial charge on any atom is 0.140 e. The smallest absolute Gasteiger partial charge is 0.140 e. The number of pyridine rings is 1. The predicted molar refractivity (Wildman–Crippen MR) is 59.5 cm³/mol. The molecule has 2 heterocycles. The molecule has 2 aromatic heterocycles. The summed E-state index contributed by atoms with van der Waals surface area (Å²) >= 11 is 0. The van der Waals surface area contributed by atoms with E-state index < -0.39 is 0 Å². The van der Waals surface area contributed by atoms with E-state index in [1.54, 1.807) is 18.5 Å². The van der Waals surface area contributed by atoms with Gasteiger partial charge in [0, 0.05) is 19.4 Å². The van der Waals surface area contributed by atoms with E-state index in [1.807, 2.05) is 29.9 Å². The van der Waals surface area contributed by atoms with Gasteiger partial charge >= 0.3 is 0 Å². The van der Waals surface area contributed by atoms with Crippen LogP contribution in [0.3, 0.4) is 0 Å². The molecule has 16 heavy (non-hydrogen) atoms. The first-order chi connectivity index (χ1) is 7.79. The van der Waals surface area contributed by atoms with Crippen LogP contribution in [0.15, 0.2) is 30.7 Å². The Labute approximate surface area is 93.4 Å². The van der Waals surface area contributed by atoms with Crippen LogP contribution in [-0.4, -0.2) is 14.5 Å². The maximum absolute atomic E-state index is 8.60. The number of aryl methyl sites for hydroxylation is 1. The van der Waals surface area contributed by atoms with E-state index in [0.29, 0.717) is 12.2 Å². The van der Waals surface area contributed by atoms with Crippen LogP contribution in [0.4, 0.5) is 5.69 Å². The van der Waals surface area contributed by atoms with Gasteiger partial charge in [-0.1, -0.05) is 0 Å². The fourth-order valence-electron chi connectivity index (χ4n) is 1.31. The molecule has 0 aliphatic rings. The molecule has 0 radical (unpaired) electrons. The van der Waals surface area contributed by atoms with Crippen LogP contribution >= 0.6 is 0 Å². The first-order valence-electron chi connectivity index (χ1n) is 4.86. The molecule has 0 spiro atoms. The second kappa shape index (κ2) is 4.45. The number of rotatable bonds is 3. The highest BCUT2D eigenvalue weighted by atomic mass is 15.1. The van der Waals surface area contributed by atoms with Gasteiger partial charge in [0.05, 0.1) is 18.4 Å². The Bertz CT molecular complexity index is 506. The summed E-state index contributed by atoms with van der Waals surface area (Å²) in [6.07, 6.45) is 5.30. The molecule has 2 rings (SSSR count). The zero-order chi connectivity index (χ0) is 11.4. The lowest BCUT2D eigenvalue weighted by atomic mass is 10.3. The molecule has 0 aliphatic carbocycles. The number of aromatic nitrogens is 3. The van der Waals surface area contributed by atoms with Crippen molar-refractivity contribution in [3.63, 3.8) is 0 Å². The minimum atomic E-state index is 0.419. The average Bonchev–Trinajstić information content (AvgIpc) is 2.73. The molecule has 0 amide bonds. The van der Waals surface area contributed by atoms with Crippen LogP contribution in [0.1, 0.15) is 11.5 Å². The highest BCUT2D eigenvalue weighted by Crippen LogP contribution is 2.07. The number of anilines is 1. The molecule has 0 saturated heterocycles. The number of nitrogens with zero attached hydrogens (tertiary/aromatic N) is 4. The van der Waals surface area contributed by atoms with Crippen molar-refractivity contribution >= 4 is 5.69 Å². The van der Waals surface area contributed by atoms with Crippen molar-refractivity contribution in [1.29, 1.82) is 5.26 Å². The van der Waals surface area contributed by atoms with Gasteiger partial charge < -0.3 is 9.88 Å². The molecule has 0 fully saturated rings. The van der Waals surface area contributed by atoms with Gasteiger partial charge in [0.2, 0.25) is 0 Å². The fourth-order valence-corrected chi connectivity index (χ4v) is 1.31. The molecule has 80 valence electrons. The quantitative estimate of drug-likeness (QED) is 0.834. The van der Waals surface area contributed by atoms with Crippen molar-refractivity contribution < 1.29 is 0 Å². The van der Waals surface area contributed by atoms with E-state index in [-0.39, 0.29) is 0 Å². The lowest BCUT2D eigenvalue weighted by Crippen LogP contribution is -2.05. The third-order valence-electron chi connectivity index (χ3n) is 2.25. The third kappa shape index (κ3) is 2.17. The van der Waals surface area contributed by atoms with Crippen LogP contribution in [0.5, 0.6) is 0 Å². The summed E-state index contributed by atoms with van der Waals surface area (Å²) in [4.78, 5) is 8.16. The molecule has 0 bridgehead atoms. The average molecular weight is 213 g/mol. The Hall–Kier alpha value is -2.35. The van der Waals surface area contributed by atoms with Crippen molar-refractivity contribution in [2.75, 3.05) is 5.32 Å². The second-order valence-electron chi connectivity index (χ2n) is 3.35. The molecule has 0 atom stereocenters. The Morgan fingerprint density at radius 1 is 1.44 bits per heavy atom. The minimum absolute atomic E-state index is 0.419. The van der Waals surface area contributed by atoms with E-state index in [2.05, 4.69) is 15.3 Å². The van der Waals surface area contributed by atoms with Crippen molar-refractivity contribution in [2.45, 2.75) is 6.54 Å². The Balaban J connectivity index is 2.00. The van der Waals surface area contributed by atoms with Crippen molar-refractivity contribution in [1.82, 2.24) is 14.5 Å². The van der Waals surface area contributed by atoms with E-state index >= 15 is 0 Å². The first kappa shape index (κ1) is 10.2. The number of hydrogen-bond donors (Lipinski definition) is 1. The molecule has 0 aromatic carbocycles. The summed E-state index contributed by atoms with van der Waals surface area (Å²) in [5.41, 5.74) is 1.30. The largest absolute Gasteiger partial charge is 0.377 e. The standard InChI is InChI=1S/C11H11N5/c1-16-5-4-13-11(16)8-15-10-3-2-9(6-12)14-7-10/h2-5,7,15H,8H2,1H3. The van der Waals surface area contributed by atoms with Gasteiger partial charge in [-0.2, -0.15) is 5.26 Å². The lowest BCUT2D eigenvalue weighted by molar-refractivity contribution is 0.812. The van der Waals surface area contributed by atoms with E-state index in [9.17, 15) is 0 Å². The fraction of sp³-hybridized carbons (Fsp3) is 0.182. The first-order valence-corrected chi connectivity index (χ1v) is 4.86. The zero-order valence-electron chi connectivity index (χ0n) is 8.88. The predicted octanol–water partition coefficient (Wildman–Crippen LogP) is 1.30.